The number of pyridine rings is 2. The number of hydrogen-bond acceptors (Lipinski definition) is 5. The first kappa shape index (κ1) is 19.1. The maximum absolute atomic E-state index is 13.4. The second kappa shape index (κ2) is 8.00. The summed E-state index contributed by atoms with van der Waals surface area (Å²) < 4.78 is 1.52. The average Bonchev–Trinajstić information content (AvgIpc) is 2.79. The molecule has 0 saturated heterocycles. The molecular formula is C23H18N4O3. The lowest BCUT2D eigenvalue weighted by Crippen LogP contribution is -2.27. The second-order valence-electron chi connectivity index (χ2n) is 6.57. The smallest absolute Gasteiger partial charge is 0.289 e. The lowest BCUT2D eigenvalue weighted by atomic mass is 10.1. The van der Waals surface area contributed by atoms with E-state index in [4.69, 9.17) is 0 Å². The van der Waals surface area contributed by atoms with Gasteiger partial charge in [-0.2, -0.15) is 5.10 Å². The van der Waals surface area contributed by atoms with E-state index in [9.17, 15) is 14.7 Å². The van der Waals surface area contributed by atoms with Crippen molar-refractivity contribution < 1.29 is 9.90 Å². The number of aromatic hydroxyl groups is 1. The summed E-state index contributed by atoms with van der Waals surface area (Å²) in [4.78, 5) is 29.5. The third kappa shape index (κ3) is 3.44. The van der Waals surface area contributed by atoms with Gasteiger partial charge in [0.2, 0.25) is 0 Å². The number of fused-ring (bicyclic) bond motifs is 1. The van der Waals surface area contributed by atoms with E-state index in [1.807, 2.05) is 30.3 Å². The lowest BCUT2D eigenvalue weighted by Gasteiger charge is -2.15. The largest absolute Gasteiger partial charge is 0.506 e. The van der Waals surface area contributed by atoms with Crippen LogP contribution < -0.4 is 11.0 Å². The minimum Gasteiger partial charge on any atom is -0.506 e. The highest BCUT2D eigenvalue weighted by molar-refractivity contribution is 6.06. The van der Waals surface area contributed by atoms with E-state index in [0.29, 0.717) is 16.6 Å². The van der Waals surface area contributed by atoms with Gasteiger partial charge in [0.05, 0.1) is 11.2 Å². The molecule has 4 aromatic rings. The van der Waals surface area contributed by atoms with Crippen LogP contribution in [0.1, 0.15) is 23.0 Å². The highest BCUT2D eigenvalue weighted by atomic mass is 16.3. The monoisotopic (exact) mass is 398 g/mol. The third-order valence-corrected chi connectivity index (χ3v) is 4.65. The number of benzene rings is 2. The van der Waals surface area contributed by atoms with Crippen molar-refractivity contribution in [2.24, 2.45) is 5.10 Å². The SMILES string of the molecule is C/C(=N/NC(=O)c1ccccn1)c1c(O)c2ccccc2n(-c2ccccc2)c1=O. The minimum atomic E-state index is -0.515. The van der Waals surface area contributed by atoms with Crippen LogP contribution in [0.2, 0.25) is 0 Å². The number of rotatable bonds is 4. The summed E-state index contributed by atoms with van der Waals surface area (Å²) in [6.07, 6.45) is 1.50. The Morgan fingerprint density at radius 1 is 1.00 bits per heavy atom. The molecular weight excluding hydrogens is 380 g/mol. The first-order valence-corrected chi connectivity index (χ1v) is 9.26. The zero-order valence-corrected chi connectivity index (χ0v) is 16.1. The Morgan fingerprint density at radius 2 is 1.70 bits per heavy atom. The Balaban J connectivity index is 1.85. The van der Waals surface area contributed by atoms with Gasteiger partial charge in [-0.1, -0.05) is 36.4 Å². The number of nitrogens with one attached hydrogen (secondary N) is 1. The second-order valence-corrected chi connectivity index (χ2v) is 6.57. The number of carbonyl (C=O) groups is 1. The topological polar surface area (TPSA) is 96.6 Å². The molecule has 148 valence electrons. The van der Waals surface area contributed by atoms with Crippen molar-refractivity contribution in [3.8, 4) is 11.4 Å². The lowest BCUT2D eigenvalue weighted by molar-refractivity contribution is 0.0950. The van der Waals surface area contributed by atoms with Gasteiger partial charge in [0.15, 0.2) is 0 Å². The maximum atomic E-state index is 13.4. The van der Waals surface area contributed by atoms with Crippen molar-refractivity contribution >= 4 is 22.5 Å². The normalized spacial score (nSPS) is 11.4. The number of hydrogen-bond donors (Lipinski definition) is 2. The molecule has 0 bridgehead atoms. The molecule has 30 heavy (non-hydrogen) atoms. The molecule has 7 heteroatoms. The van der Waals surface area contributed by atoms with E-state index in [0.717, 1.165) is 0 Å². The van der Waals surface area contributed by atoms with E-state index in [2.05, 4.69) is 15.5 Å². The van der Waals surface area contributed by atoms with E-state index in [-0.39, 0.29) is 22.7 Å². The van der Waals surface area contributed by atoms with Crippen LogP contribution in [0.4, 0.5) is 0 Å². The molecule has 7 nitrogen and oxygen atoms in total. The number of nitrogens with zero attached hydrogens (tertiary/aromatic N) is 3. The third-order valence-electron chi connectivity index (χ3n) is 4.65. The molecule has 1 amide bonds. The van der Waals surface area contributed by atoms with Gasteiger partial charge in [0.1, 0.15) is 17.0 Å². The quantitative estimate of drug-likeness (QED) is 0.407. The predicted octanol–water partition coefficient (Wildman–Crippen LogP) is 3.25. The molecule has 0 fully saturated rings. The molecule has 0 unspecified atom stereocenters. The first-order valence-electron chi connectivity index (χ1n) is 9.26. The molecule has 0 aliphatic heterocycles. The van der Waals surface area contributed by atoms with Gasteiger partial charge < -0.3 is 5.11 Å². The van der Waals surface area contributed by atoms with Gasteiger partial charge >= 0.3 is 0 Å². The van der Waals surface area contributed by atoms with Crippen molar-refractivity contribution in [1.82, 2.24) is 15.0 Å². The average molecular weight is 398 g/mol. The summed E-state index contributed by atoms with van der Waals surface area (Å²) in [6, 6.07) is 21.2. The molecule has 0 radical (unpaired) electrons. The van der Waals surface area contributed by atoms with E-state index >= 15 is 0 Å². The Kier molecular flexibility index (Phi) is 5.09. The summed E-state index contributed by atoms with van der Waals surface area (Å²) >= 11 is 0. The van der Waals surface area contributed by atoms with E-state index < -0.39 is 11.5 Å². The summed E-state index contributed by atoms with van der Waals surface area (Å²) in [5.74, 6) is -0.699. The number of amides is 1. The molecule has 0 aliphatic rings. The van der Waals surface area contributed by atoms with Gasteiger partial charge in [-0.15, -0.1) is 0 Å². The summed E-state index contributed by atoms with van der Waals surface area (Å²) in [7, 11) is 0. The predicted molar refractivity (Wildman–Crippen MR) is 115 cm³/mol. The first-order chi connectivity index (χ1) is 14.6. The number of aromatic nitrogens is 2. The molecule has 2 heterocycles. The molecule has 2 aromatic heterocycles. The maximum Gasteiger partial charge on any atom is 0.289 e. The molecule has 4 rings (SSSR count). The fraction of sp³-hybridized carbons (Fsp3) is 0.0435. The van der Waals surface area contributed by atoms with Crippen LogP contribution >= 0.6 is 0 Å². The van der Waals surface area contributed by atoms with Crippen LogP contribution in [0.3, 0.4) is 0 Å². The van der Waals surface area contributed by atoms with Crippen molar-refractivity contribution in [3.63, 3.8) is 0 Å². The molecule has 0 aliphatic carbocycles. The highest BCUT2D eigenvalue weighted by Crippen LogP contribution is 2.28. The van der Waals surface area contributed by atoms with Crippen LogP contribution in [-0.4, -0.2) is 26.3 Å². The zero-order valence-electron chi connectivity index (χ0n) is 16.1. The standard InChI is InChI=1S/C23H18N4O3/c1-15(25-26-22(29)18-12-7-8-14-24-18)20-21(28)17-11-5-6-13-19(17)27(23(20)30)16-9-3-2-4-10-16/h2-14,28H,1H3,(H,26,29)/b25-15-. The number of carbonyl (C=O) groups excluding carboxylic acids is 1. The highest BCUT2D eigenvalue weighted by Gasteiger charge is 2.19. The number of para-hydroxylation sites is 2. The van der Waals surface area contributed by atoms with E-state index in [1.165, 1.54) is 10.8 Å². The van der Waals surface area contributed by atoms with Crippen LogP contribution in [0.5, 0.6) is 5.75 Å². The van der Waals surface area contributed by atoms with Crippen molar-refractivity contribution in [1.29, 1.82) is 0 Å². The van der Waals surface area contributed by atoms with Gasteiger partial charge in [-0.25, -0.2) is 5.43 Å². The van der Waals surface area contributed by atoms with E-state index in [1.54, 1.807) is 49.4 Å². The van der Waals surface area contributed by atoms with Crippen LogP contribution in [0.25, 0.3) is 16.6 Å². The molecule has 0 atom stereocenters. The number of hydrazone groups is 1. The molecule has 0 spiro atoms. The van der Waals surface area contributed by atoms with Crippen LogP contribution in [-0.2, 0) is 0 Å². The van der Waals surface area contributed by atoms with Gasteiger partial charge in [0.25, 0.3) is 11.5 Å². The Hall–Kier alpha value is -4.26. The fourth-order valence-electron chi connectivity index (χ4n) is 3.23. The Bertz CT molecular complexity index is 1310. The fourth-order valence-corrected chi connectivity index (χ4v) is 3.23. The van der Waals surface area contributed by atoms with Crippen LogP contribution in [0.15, 0.2) is 88.9 Å². The molecule has 0 saturated carbocycles. The summed E-state index contributed by atoms with van der Waals surface area (Å²) in [5.41, 5.74) is 3.56. The van der Waals surface area contributed by atoms with Crippen molar-refractivity contribution in [2.45, 2.75) is 6.92 Å². The van der Waals surface area contributed by atoms with Gasteiger partial charge in [-0.05, 0) is 43.3 Å². The minimum absolute atomic E-state index is 0.0128. The van der Waals surface area contributed by atoms with Crippen molar-refractivity contribution in [3.05, 3.63) is 101 Å². The summed E-state index contributed by atoms with van der Waals surface area (Å²) in [5, 5.41) is 15.4. The Morgan fingerprint density at radius 3 is 2.43 bits per heavy atom. The molecule has 2 aromatic carbocycles. The van der Waals surface area contributed by atoms with Crippen molar-refractivity contribution in [2.75, 3.05) is 0 Å². The van der Waals surface area contributed by atoms with Gasteiger partial charge in [0, 0.05) is 17.3 Å². The zero-order chi connectivity index (χ0) is 21.1. The van der Waals surface area contributed by atoms with Gasteiger partial charge in [-0.3, -0.25) is 19.1 Å². The summed E-state index contributed by atoms with van der Waals surface area (Å²) in [6.45, 7) is 1.55. The Labute approximate surface area is 172 Å². The molecule has 2 N–H and O–H groups in total. The van der Waals surface area contributed by atoms with Crippen LogP contribution in [0, 0.1) is 0 Å².